The standard InChI is InChI=1S/C5H5FN2/c1-4-2-7-3-5(6)8-4/h2-3H,1H3/i1D3,2D,3D. The van der Waals surface area contributed by atoms with E-state index in [0.717, 1.165) is 0 Å². The zero-order valence-electron chi connectivity index (χ0n) is 8.77. The highest BCUT2D eigenvalue weighted by atomic mass is 19.1. The molecule has 0 N–H and O–H groups in total. The monoisotopic (exact) mass is 117 g/mol. The summed E-state index contributed by atoms with van der Waals surface area (Å²) in [6.45, 7) is -2.67. The average molecular weight is 117 g/mol. The maximum absolute atomic E-state index is 12.6. The fourth-order valence-corrected chi connectivity index (χ4v) is 0.275. The van der Waals surface area contributed by atoms with E-state index in [4.69, 9.17) is 6.85 Å². The van der Waals surface area contributed by atoms with E-state index in [9.17, 15) is 4.39 Å². The maximum atomic E-state index is 12.6. The molecule has 0 spiro atoms. The summed E-state index contributed by atoms with van der Waals surface area (Å²) in [7, 11) is 0. The van der Waals surface area contributed by atoms with Gasteiger partial charge in [0.05, 0.1) is 14.6 Å². The lowest BCUT2D eigenvalue weighted by Crippen LogP contribution is -1.86. The van der Waals surface area contributed by atoms with Gasteiger partial charge in [-0.15, -0.1) is 0 Å². The van der Waals surface area contributed by atoms with E-state index in [-0.39, 0.29) is 0 Å². The first-order chi connectivity index (χ1) is 5.82. The summed E-state index contributed by atoms with van der Waals surface area (Å²) in [6.07, 6.45) is -1.51. The highest BCUT2D eigenvalue weighted by molar-refractivity contribution is 4.90. The third-order valence-electron chi connectivity index (χ3n) is 0.520. The molecule has 2 nitrogen and oxygen atoms in total. The molecule has 0 aliphatic heterocycles. The van der Waals surface area contributed by atoms with Crippen molar-refractivity contribution < 1.29 is 11.2 Å². The number of halogens is 1. The van der Waals surface area contributed by atoms with Crippen molar-refractivity contribution in [2.45, 2.75) is 6.85 Å². The van der Waals surface area contributed by atoms with Gasteiger partial charge in [-0.1, -0.05) is 0 Å². The first-order valence-electron chi connectivity index (χ1n) is 4.33. The number of aromatic nitrogens is 2. The van der Waals surface area contributed by atoms with Crippen molar-refractivity contribution in [3.63, 3.8) is 0 Å². The van der Waals surface area contributed by atoms with E-state index in [1.54, 1.807) is 0 Å². The molecule has 1 aromatic heterocycles. The lowest BCUT2D eigenvalue weighted by molar-refractivity contribution is 0.572. The largest absolute Gasteiger partial charge is 0.258 e. The third-order valence-corrected chi connectivity index (χ3v) is 0.520. The summed E-state index contributed by atoms with van der Waals surface area (Å²) in [5, 5.41) is 0. The zero-order valence-corrected chi connectivity index (χ0v) is 3.77. The first-order valence-corrected chi connectivity index (χ1v) is 1.83. The normalized spacial score (nSPS) is 19.9. The predicted molar refractivity (Wildman–Crippen MR) is 26.7 cm³/mol. The minimum absolute atomic E-state index is 0.689. The van der Waals surface area contributed by atoms with Gasteiger partial charge in [0.25, 0.3) is 0 Å². The molecular weight excluding hydrogens is 107 g/mol. The van der Waals surface area contributed by atoms with Crippen LogP contribution in [0, 0.1) is 12.8 Å². The van der Waals surface area contributed by atoms with Gasteiger partial charge in [-0.05, 0) is 6.85 Å². The Bertz CT molecular complexity index is 336. The summed E-state index contributed by atoms with van der Waals surface area (Å²) in [4.78, 5) is 6.05. The lowest BCUT2D eigenvalue weighted by atomic mass is 10.5. The summed E-state index contributed by atoms with van der Waals surface area (Å²) in [6, 6.07) is 0. The van der Waals surface area contributed by atoms with E-state index in [0.29, 0.717) is 0 Å². The van der Waals surface area contributed by atoms with Crippen LogP contribution in [0.2, 0.25) is 0 Å². The van der Waals surface area contributed by atoms with Gasteiger partial charge in [-0.2, -0.15) is 4.39 Å². The molecule has 0 fully saturated rings. The van der Waals surface area contributed by atoms with Crippen LogP contribution in [0.1, 0.15) is 12.5 Å². The van der Waals surface area contributed by atoms with Gasteiger partial charge >= 0.3 is 0 Å². The molecule has 0 radical (unpaired) electrons. The number of hydrogen-bond donors (Lipinski definition) is 0. The van der Waals surface area contributed by atoms with Crippen LogP contribution in [0.25, 0.3) is 0 Å². The van der Waals surface area contributed by atoms with Gasteiger partial charge in [0.1, 0.15) is 0 Å². The van der Waals surface area contributed by atoms with E-state index < -0.39 is 30.8 Å². The van der Waals surface area contributed by atoms with Crippen LogP contribution in [-0.4, -0.2) is 9.97 Å². The van der Waals surface area contributed by atoms with Gasteiger partial charge in [0.15, 0.2) is 0 Å². The molecule has 0 unspecified atom stereocenters. The Kier molecular flexibility index (Phi) is 0.408. The third kappa shape index (κ3) is 0.992. The van der Waals surface area contributed by atoms with Crippen molar-refractivity contribution in [2.75, 3.05) is 0 Å². The quantitative estimate of drug-likeness (QED) is 0.505. The Balaban J connectivity index is 3.32. The van der Waals surface area contributed by atoms with Crippen molar-refractivity contribution in [2.24, 2.45) is 0 Å². The van der Waals surface area contributed by atoms with Crippen LogP contribution >= 0.6 is 0 Å². The summed E-state index contributed by atoms with van der Waals surface area (Å²) >= 11 is 0. The highest BCUT2D eigenvalue weighted by Crippen LogP contribution is 1.89. The molecule has 0 saturated carbocycles. The number of hydrogen-bond acceptors (Lipinski definition) is 2. The summed E-state index contributed by atoms with van der Waals surface area (Å²) in [5.41, 5.74) is -0.721. The van der Waals surface area contributed by atoms with Crippen molar-refractivity contribution in [1.29, 1.82) is 0 Å². The van der Waals surface area contributed by atoms with Crippen LogP contribution in [0.5, 0.6) is 0 Å². The van der Waals surface area contributed by atoms with Gasteiger partial charge in [0, 0.05) is 10.3 Å². The van der Waals surface area contributed by atoms with Gasteiger partial charge in [0.2, 0.25) is 5.95 Å². The Morgan fingerprint density at radius 3 is 3.50 bits per heavy atom. The summed E-state index contributed by atoms with van der Waals surface area (Å²) < 4.78 is 47.0. The van der Waals surface area contributed by atoms with E-state index in [1.165, 1.54) is 0 Å². The molecule has 0 aliphatic carbocycles. The minimum atomic E-state index is -2.67. The Labute approximate surface area is 53.4 Å². The molecule has 0 bridgehead atoms. The molecule has 0 saturated heterocycles. The molecule has 42 valence electrons. The van der Waals surface area contributed by atoms with Gasteiger partial charge in [-0.25, -0.2) is 4.98 Å². The fraction of sp³-hybridized carbons (Fsp3) is 0.200. The fourth-order valence-electron chi connectivity index (χ4n) is 0.275. The molecule has 1 heterocycles. The maximum Gasteiger partial charge on any atom is 0.231 e. The minimum Gasteiger partial charge on any atom is -0.258 e. The van der Waals surface area contributed by atoms with Crippen LogP contribution < -0.4 is 0 Å². The van der Waals surface area contributed by atoms with E-state index >= 15 is 0 Å². The van der Waals surface area contributed by atoms with Crippen LogP contribution in [0.15, 0.2) is 12.3 Å². The van der Waals surface area contributed by atoms with Crippen molar-refractivity contribution in [1.82, 2.24) is 9.97 Å². The molecule has 3 heteroatoms. The van der Waals surface area contributed by atoms with Crippen molar-refractivity contribution >= 4 is 0 Å². The van der Waals surface area contributed by atoms with E-state index in [1.807, 2.05) is 0 Å². The SMILES string of the molecule is [2H]c1nc([2H])c(C([2H])([2H])[2H])nc1F. The number of rotatable bonds is 0. The van der Waals surface area contributed by atoms with Crippen molar-refractivity contribution in [3.8, 4) is 0 Å². The summed E-state index contributed by atoms with van der Waals surface area (Å²) in [5.74, 6) is -1.28. The second-order valence-electron chi connectivity index (χ2n) is 1.09. The molecule has 0 amide bonds. The van der Waals surface area contributed by atoms with Crippen molar-refractivity contribution in [3.05, 3.63) is 24.0 Å². The topological polar surface area (TPSA) is 25.8 Å². The van der Waals surface area contributed by atoms with Crippen LogP contribution in [0.3, 0.4) is 0 Å². The molecular formula is C5H5FN2. The second-order valence-corrected chi connectivity index (χ2v) is 1.09. The second kappa shape index (κ2) is 1.86. The molecule has 1 rings (SSSR count). The average Bonchev–Trinajstić information content (AvgIpc) is 1.94. The molecule has 0 aliphatic rings. The smallest absolute Gasteiger partial charge is 0.231 e. The number of aryl methyl sites for hydroxylation is 1. The molecule has 0 atom stereocenters. The Morgan fingerprint density at radius 1 is 1.88 bits per heavy atom. The molecule has 8 heavy (non-hydrogen) atoms. The van der Waals surface area contributed by atoms with E-state index in [2.05, 4.69) is 9.97 Å². The highest BCUT2D eigenvalue weighted by Gasteiger charge is 1.87. The molecule has 1 aromatic rings. The number of nitrogens with zero attached hydrogens (tertiary/aromatic N) is 2. The first kappa shape index (κ1) is 1.76. The van der Waals surface area contributed by atoms with Crippen LogP contribution in [0.4, 0.5) is 4.39 Å². The Morgan fingerprint density at radius 2 is 2.75 bits per heavy atom. The predicted octanol–water partition coefficient (Wildman–Crippen LogP) is 0.924. The lowest BCUT2D eigenvalue weighted by Gasteiger charge is -1.86. The van der Waals surface area contributed by atoms with Gasteiger partial charge in [-0.3, -0.25) is 4.98 Å². The molecule has 0 aromatic carbocycles. The zero-order chi connectivity index (χ0) is 10.2. The Hall–Kier alpha value is -0.990. The van der Waals surface area contributed by atoms with Crippen LogP contribution in [-0.2, 0) is 0 Å². The van der Waals surface area contributed by atoms with Gasteiger partial charge < -0.3 is 0 Å².